The highest BCUT2D eigenvalue weighted by Gasteiger charge is 2.13. The number of thioether (sulfide) groups is 1. The van der Waals surface area contributed by atoms with Crippen LogP contribution in [0.1, 0.15) is 32.8 Å². The molecule has 0 aliphatic carbocycles. The van der Waals surface area contributed by atoms with Crippen LogP contribution in [-0.4, -0.2) is 35.4 Å². The average molecular weight is 339 g/mol. The lowest BCUT2D eigenvalue weighted by molar-refractivity contribution is -0.134. The van der Waals surface area contributed by atoms with Crippen molar-refractivity contribution in [1.82, 2.24) is 0 Å². The Kier molecular flexibility index (Phi) is 8.73. The molecule has 1 amide bonds. The Morgan fingerprint density at radius 1 is 1.30 bits per heavy atom. The molecule has 1 rings (SSSR count). The summed E-state index contributed by atoms with van der Waals surface area (Å²) < 4.78 is 5.53. The fraction of sp³-hybridized carbons (Fsp3) is 0.529. The molecule has 0 aromatic heterocycles. The molecule has 0 saturated carbocycles. The van der Waals surface area contributed by atoms with E-state index in [0.717, 1.165) is 12.0 Å². The van der Waals surface area contributed by atoms with E-state index in [4.69, 9.17) is 9.84 Å². The number of hydrogen-bond acceptors (Lipinski definition) is 4. The Morgan fingerprint density at radius 2 is 2.04 bits per heavy atom. The van der Waals surface area contributed by atoms with Gasteiger partial charge < -0.3 is 15.2 Å². The first kappa shape index (κ1) is 19.5. The fourth-order valence-electron chi connectivity index (χ4n) is 1.80. The normalized spacial score (nSPS) is 12.2. The Bertz CT molecular complexity index is 519. The summed E-state index contributed by atoms with van der Waals surface area (Å²) in [4.78, 5) is 22.6. The highest BCUT2D eigenvalue weighted by molar-refractivity contribution is 7.99. The standard InChI is InChI=1S/C17H25NO4S/c1-12(2)7-8-22-13(3)17(21)18-15-6-4-5-14(9-15)10-23-11-16(19)20/h4-6,9,12-13H,7-8,10-11H2,1-3H3,(H,18,21)(H,19,20). The van der Waals surface area contributed by atoms with E-state index in [1.165, 1.54) is 11.8 Å². The second kappa shape index (κ2) is 10.3. The Labute approximate surface area is 141 Å². The van der Waals surface area contributed by atoms with Crippen LogP contribution in [0, 0.1) is 5.92 Å². The number of benzene rings is 1. The van der Waals surface area contributed by atoms with Gasteiger partial charge in [-0.25, -0.2) is 0 Å². The first-order chi connectivity index (χ1) is 10.9. The second-order valence-electron chi connectivity index (χ2n) is 5.77. The lowest BCUT2D eigenvalue weighted by Crippen LogP contribution is -2.28. The molecule has 0 saturated heterocycles. The van der Waals surface area contributed by atoms with Crippen molar-refractivity contribution in [1.29, 1.82) is 0 Å². The first-order valence-corrected chi connectivity index (χ1v) is 8.85. The molecule has 6 heteroatoms. The third-order valence-electron chi connectivity index (χ3n) is 3.12. The molecule has 2 N–H and O–H groups in total. The third-order valence-corrected chi connectivity index (χ3v) is 4.11. The summed E-state index contributed by atoms with van der Waals surface area (Å²) in [6.45, 7) is 6.53. The van der Waals surface area contributed by atoms with Crippen LogP contribution in [-0.2, 0) is 20.1 Å². The van der Waals surface area contributed by atoms with Crippen LogP contribution in [0.4, 0.5) is 5.69 Å². The number of rotatable bonds is 10. The predicted molar refractivity (Wildman–Crippen MR) is 93.7 cm³/mol. The SMILES string of the molecule is CC(C)CCOC(C)C(=O)Nc1cccc(CSCC(=O)O)c1. The molecular formula is C17H25NO4S. The molecule has 0 heterocycles. The lowest BCUT2D eigenvalue weighted by Gasteiger charge is -2.14. The third kappa shape index (κ3) is 8.62. The molecule has 128 valence electrons. The van der Waals surface area contributed by atoms with Gasteiger partial charge in [-0.1, -0.05) is 26.0 Å². The molecule has 0 fully saturated rings. The second-order valence-corrected chi connectivity index (χ2v) is 6.76. The van der Waals surface area contributed by atoms with E-state index in [1.54, 1.807) is 6.92 Å². The van der Waals surface area contributed by atoms with E-state index in [9.17, 15) is 9.59 Å². The summed E-state index contributed by atoms with van der Waals surface area (Å²) in [5.41, 5.74) is 1.67. The Morgan fingerprint density at radius 3 is 2.70 bits per heavy atom. The van der Waals surface area contributed by atoms with Gasteiger partial charge in [0.15, 0.2) is 0 Å². The minimum Gasteiger partial charge on any atom is -0.481 e. The van der Waals surface area contributed by atoms with Gasteiger partial charge in [0.05, 0.1) is 5.75 Å². The average Bonchev–Trinajstić information content (AvgIpc) is 2.46. The maximum Gasteiger partial charge on any atom is 0.313 e. The number of ether oxygens (including phenoxy) is 1. The van der Waals surface area contributed by atoms with Crippen molar-refractivity contribution in [2.24, 2.45) is 5.92 Å². The summed E-state index contributed by atoms with van der Waals surface area (Å²) in [7, 11) is 0. The number of carbonyl (C=O) groups excluding carboxylic acids is 1. The van der Waals surface area contributed by atoms with Gasteiger partial charge in [-0.05, 0) is 37.0 Å². The topological polar surface area (TPSA) is 75.6 Å². The van der Waals surface area contributed by atoms with Gasteiger partial charge in [-0.3, -0.25) is 9.59 Å². The molecule has 0 bridgehead atoms. The molecule has 1 atom stereocenters. The number of anilines is 1. The smallest absolute Gasteiger partial charge is 0.313 e. The van der Waals surface area contributed by atoms with Gasteiger partial charge in [0, 0.05) is 18.0 Å². The van der Waals surface area contributed by atoms with E-state index in [1.807, 2.05) is 24.3 Å². The Hall–Kier alpha value is -1.53. The number of carboxylic acids is 1. The molecule has 1 aromatic rings. The molecule has 0 radical (unpaired) electrons. The predicted octanol–water partition coefficient (Wildman–Crippen LogP) is 3.39. The molecule has 1 unspecified atom stereocenters. The van der Waals surface area contributed by atoms with Crippen molar-refractivity contribution >= 4 is 29.3 Å². The maximum atomic E-state index is 12.1. The first-order valence-electron chi connectivity index (χ1n) is 7.69. The van der Waals surface area contributed by atoms with Crippen LogP contribution in [0.5, 0.6) is 0 Å². The number of nitrogens with one attached hydrogen (secondary N) is 1. The zero-order valence-electron chi connectivity index (χ0n) is 13.9. The zero-order valence-corrected chi connectivity index (χ0v) is 14.7. The lowest BCUT2D eigenvalue weighted by atomic mass is 10.1. The van der Waals surface area contributed by atoms with Crippen molar-refractivity contribution in [3.05, 3.63) is 29.8 Å². The van der Waals surface area contributed by atoms with Gasteiger partial charge in [0.1, 0.15) is 6.10 Å². The highest BCUT2D eigenvalue weighted by atomic mass is 32.2. The van der Waals surface area contributed by atoms with E-state index in [0.29, 0.717) is 24.0 Å². The van der Waals surface area contributed by atoms with E-state index < -0.39 is 12.1 Å². The van der Waals surface area contributed by atoms with Crippen LogP contribution in [0.15, 0.2) is 24.3 Å². The van der Waals surface area contributed by atoms with Gasteiger partial charge in [-0.2, -0.15) is 0 Å². The number of hydrogen-bond donors (Lipinski definition) is 2. The van der Waals surface area contributed by atoms with E-state index >= 15 is 0 Å². The van der Waals surface area contributed by atoms with E-state index in [-0.39, 0.29) is 11.7 Å². The van der Waals surface area contributed by atoms with Crippen molar-refractivity contribution < 1.29 is 19.4 Å². The summed E-state index contributed by atoms with van der Waals surface area (Å²) in [6.07, 6.45) is 0.423. The van der Waals surface area contributed by atoms with Crippen LogP contribution >= 0.6 is 11.8 Å². The molecule has 0 spiro atoms. The fourth-order valence-corrected chi connectivity index (χ4v) is 2.49. The highest BCUT2D eigenvalue weighted by Crippen LogP contribution is 2.17. The largest absolute Gasteiger partial charge is 0.481 e. The molecule has 0 aliphatic heterocycles. The van der Waals surface area contributed by atoms with Crippen LogP contribution in [0.3, 0.4) is 0 Å². The van der Waals surface area contributed by atoms with Crippen molar-refractivity contribution in [3.8, 4) is 0 Å². The van der Waals surface area contributed by atoms with Crippen molar-refractivity contribution in [2.45, 2.75) is 39.0 Å². The van der Waals surface area contributed by atoms with Crippen LogP contribution in [0.25, 0.3) is 0 Å². The summed E-state index contributed by atoms with van der Waals surface area (Å²) in [5, 5.41) is 11.5. The molecule has 0 aliphatic rings. The van der Waals surface area contributed by atoms with Gasteiger partial charge >= 0.3 is 5.97 Å². The van der Waals surface area contributed by atoms with Crippen molar-refractivity contribution in [3.63, 3.8) is 0 Å². The van der Waals surface area contributed by atoms with Crippen LogP contribution in [0.2, 0.25) is 0 Å². The maximum absolute atomic E-state index is 12.1. The van der Waals surface area contributed by atoms with Gasteiger partial charge in [0.25, 0.3) is 5.91 Å². The number of carbonyl (C=O) groups is 2. The summed E-state index contributed by atoms with van der Waals surface area (Å²) in [6, 6.07) is 7.42. The minimum atomic E-state index is -0.827. The number of carboxylic acid groups (broad SMARTS) is 1. The molecule has 5 nitrogen and oxygen atoms in total. The van der Waals surface area contributed by atoms with Crippen LogP contribution < -0.4 is 5.32 Å². The zero-order chi connectivity index (χ0) is 17.2. The molecular weight excluding hydrogens is 314 g/mol. The quantitative estimate of drug-likeness (QED) is 0.683. The van der Waals surface area contributed by atoms with Gasteiger partial charge in [0.2, 0.25) is 0 Å². The monoisotopic (exact) mass is 339 g/mol. The summed E-state index contributed by atoms with van der Waals surface area (Å²) >= 11 is 1.33. The number of aliphatic carboxylic acids is 1. The summed E-state index contributed by atoms with van der Waals surface area (Å²) in [5.74, 6) is 0.203. The molecule has 23 heavy (non-hydrogen) atoms. The number of amides is 1. The molecule has 1 aromatic carbocycles. The van der Waals surface area contributed by atoms with Crippen molar-refractivity contribution in [2.75, 3.05) is 17.7 Å². The van der Waals surface area contributed by atoms with Gasteiger partial charge in [-0.15, -0.1) is 11.8 Å². The van der Waals surface area contributed by atoms with E-state index in [2.05, 4.69) is 19.2 Å². The minimum absolute atomic E-state index is 0.0668. The Balaban J connectivity index is 2.46.